The van der Waals surface area contributed by atoms with Crippen LogP contribution in [0.15, 0.2) is 40.7 Å². The van der Waals surface area contributed by atoms with Gasteiger partial charge in [0.15, 0.2) is 5.96 Å². The van der Waals surface area contributed by atoms with Gasteiger partial charge in [-0.1, -0.05) is 12.1 Å². The lowest BCUT2D eigenvalue weighted by molar-refractivity contribution is 0.821. The summed E-state index contributed by atoms with van der Waals surface area (Å²) < 4.78 is 0. The molecular weight excluding hydrogens is 292 g/mol. The molecule has 5 heteroatoms. The molecule has 0 amide bonds. The van der Waals surface area contributed by atoms with Gasteiger partial charge in [0.05, 0.1) is 24.7 Å². The molecule has 1 aromatic heterocycles. The number of guanidine groups is 1. The molecule has 0 aliphatic rings. The molecule has 2 N–H and O–H groups in total. The number of nitrogens with one attached hydrogen (secondary N) is 2. The number of aryl methyl sites for hydroxylation is 1. The van der Waals surface area contributed by atoms with E-state index in [9.17, 15) is 0 Å². The van der Waals surface area contributed by atoms with E-state index in [1.165, 1.54) is 10.4 Å². The lowest BCUT2D eigenvalue weighted by atomic mass is 10.1. The van der Waals surface area contributed by atoms with Crippen molar-refractivity contribution in [1.29, 1.82) is 5.26 Å². The van der Waals surface area contributed by atoms with Gasteiger partial charge < -0.3 is 10.6 Å². The van der Waals surface area contributed by atoms with Crippen LogP contribution in [0.2, 0.25) is 0 Å². The Balaban J connectivity index is 2.00. The number of hydrogen-bond acceptors (Lipinski definition) is 3. The molecule has 0 fully saturated rings. The van der Waals surface area contributed by atoms with Crippen LogP contribution in [0, 0.1) is 18.3 Å². The van der Waals surface area contributed by atoms with E-state index < -0.39 is 0 Å². The molecule has 0 radical (unpaired) electrons. The number of nitriles is 1. The van der Waals surface area contributed by atoms with Crippen LogP contribution in [-0.4, -0.2) is 12.5 Å². The van der Waals surface area contributed by atoms with Crippen LogP contribution in [0.25, 0.3) is 0 Å². The standard InChI is InChI=1S/C17H20N4S/c1-3-19-17(21-12-16-13(2)7-8-22-16)20-11-15-6-4-5-14(9-15)10-18/h4-9H,3,11-12H2,1-2H3,(H2,19,20,21). The molecule has 2 aromatic rings. The second-order valence-electron chi connectivity index (χ2n) is 4.89. The maximum Gasteiger partial charge on any atom is 0.191 e. The maximum atomic E-state index is 8.93. The van der Waals surface area contributed by atoms with Crippen molar-refractivity contribution in [2.45, 2.75) is 26.9 Å². The minimum absolute atomic E-state index is 0.550. The first kappa shape index (κ1) is 16.1. The summed E-state index contributed by atoms with van der Waals surface area (Å²) in [5.41, 5.74) is 3.00. The highest BCUT2D eigenvalue weighted by Gasteiger charge is 2.02. The Kier molecular flexibility index (Phi) is 5.99. The lowest BCUT2D eigenvalue weighted by Gasteiger charge is -2.11. The normalized spacial score (nSPS) is 11.0. The molecule has 22 heavy (non-hydrogen) atoms. The van der Waals surface area contributed by atoms with Gasteiger partial charge in [0.25, 0.3) is 0 Å². The maximum absolute atomic E-state index is 8.93. The van der Waals surface area contributed by atoms with Crippen molar-refractivity contribution in [3.8, 4) is 6.07 Å². The van der Waals surface area contributed by atoms with Gasteiger partial charge in [0, 0.05) is 11.4 Å². The van der Waals surface area contributed by atoms with Crippen LogP contribution in [-0.2, 0) is 13.1 Å². The zero-order chi connectivity index (χ0) is 15.8. The highest BCUT2D eigenvalue weighted by molar-refractivity contribution is 7.10. The zero-order valence-electron chi connectivity index (χ0n) is 12.9. The Morgan fingerprint density at radius 3 is 2.86 bits per heavy atom. The van der Waals surface area contributed by atoms with Crippen molar-refractivity contribution in [1.82, 2.24) is 10.6 Å². The van der Waals surface area contributed by atoms with E-state index >= 15 is 0 Å². The molecule has 4 nitrogen and oxygen atoms in total. The molecule has 0 aliphatic carbocycles. The molecule has 1 heterocycles. The van der Waals surface area contributed by atoms with Gasteiger partial charge in [-0.3, -0.25) is 0 Å². The van der Waals surface area contributed by atoms with Gasteiger partial charge >= 0.3 is 0 Å². The van der Waals surface area contributed by atoms with E-state index in [-0.39, 0.29) is 0 Å². The second-order valence-corrected chi connectivity index (χ2v) is 5.89. The van der Waals surface area contributed by atoms with Gasteiger partial charge in [0.2, 0.25) is 0 Å². The summed E-state index contributed by atoms with van der Waals surface area (Å²) in [5, 5.41) is 17.6. The average molecular weight is 312 g/mol. The molecule has 0 aliphatic heterocycles. The van der Waals surface area contributed by atoms with Crippen LogP contribution < -0.4 is 10.6 Å². The van der Waals surface area contributed by atoms with E-state index in [1.54, 1.807) is 17.4 Å². The van der Waals surface area contributed by atoms with Crippen molar-refractivity contribution < 1.29 is 0 Å². The van der Waals surface area contributed by atoms with Crippen molar-refractivity contribution in [3.63, 3.8) is 0 Å². The third-order valence-electron chi connectivity index (χ3n) is 3.20. The van der Waals surface area contributed by atoms with Gasteiger partial charge in [-0.05, 0) is 48.6 Å². The fourth-order valence-corrected chi connectivity index (χ4v) is 2.85. The van der Waals surface area contributed by atoms with E-state index in [0.717, 1.165) is 24.6 Å². The largest absolute Gasteiger partial charge is 0.357 e. The average Bonchev–Trinajstić information content (AvgIpc) is 2.95. The zero-order valence-corrected chi connectivity index (χ0v) is 13.7. The van der Waals surface area contributed by atoms with E-state index in [4.69, 9.17) is 5.26 Å². The predicted molar refractivity (Wildman–Crippen MR) is 91.9 cm³/mol. The van der Waals surface area contributed by atoms with Crippen molar-refractivity contribution in [2.24, 2.45) is 4.99 Å². The molecule has 0 atom stereocenters. The molecule has 114 valence electrons. The van der Waals surface area contributed by atoms with Gasteiger partial charge in [-0.15, -0.1) is 11.3 Å². The van der Waals surface area contributed by atoms with Crippen LogP contribution in [0.5, 0.6) is 0 Å². The van der Waals surface area contributed by atoms with Crippen LogP contribution in [0.4, 0.5) is 0 Å². The third-order valence-corrected chi connectivity index (χ3v) is 4.23. The smallest absolute Gasteiger partial charge is 0.191 e. The Labute approximate surface area is 135 Å². The fourth-order valence-electron chi connectivity index (χ4n) is 2.00. The van der Waals surface area contributed by atoms with E-state index in [2.05, 4.69) is 40.1 Å². The Morgan fingerprint density at radius 1 is 1.32 bits per heavy atom. The third kappa shape index (κ3) is 4.61. The summed E-state index contributed by atoms with van der Waals surface area (Å²) in [6, 6.07) is 11.8. The summed E-state index contributed by atoms with van der Waals surface area (Å²) in [7, 11) is 0. The van der Waals surface area contributed by atoms with E-state index in [1.807, 2.05) is 25.1 Å². The summed E-state index contributed by atoms with van der Waals surface area (Å²) in [6.45, 7) is 6.30. The number of hydrogen-bond donors (Lipinski definition) is 2. The Morgan fingerprint density at radius 2 is 2.18 bits per heavy atom. The summed E-state index contributed by atoms with van der Waals surface area (Å²) in [4.78, 5) is 5.89. The molecule has 0 saturated heterocycles. The van der Waals surface area contributed by atoms with Crippen LogP contribution in [0.3, 0.4) is 0 Å². The minimum atomic E-state index is 0.550. The number of rotatable bonds is 5. The highest BCUT2D eigenvalue weighted by atomic mass is 32.1. The predicted octanol–water partition coefficient (Wildman–Crippen LogP) is 3.18. The van der Waals surface area contributed by atoms with Crippen LogP contribution >= 0.6 is 11.3 Å². The van der Waals surface area contributed by atoms with Gasteiger partial charge in [-0.25, -0.2) is 4.99 Å². The summed E-state index contributed by atoms with van der Waals surface area (Å²) >= 11 is 1.75. The molecule has 0 saturated carbocycles. The van der Waals surface area contributed by atoms with Gasteiger partial charge in [0.1, 0.15) is 0 Å². The van der Waals surface area contributed by atoms with Crippen LogP contribution in [0.1, 0.15) is 28.5 Å². The minimum Gasteiger partial charge on any atom is -0.357 e. The quantitative estimate of drug-likeness (QED) is 0.658. The number of aliphatic imine (C=N–C) groups is 1. The molecule has 1 aromatic carbocycles. The first-order valence-electron chi connectivity index (χ1n) is 7.27. The van der Waals surface area contributed by atoms with Crippen molar-refractivity contribution >= 4 is 17.3 Å². The topological polar surface area (TPSA) is 60.2 Å². The molecule has 0 spiro atoms. The van der Waals surface area contributed by atoms with Gasteiger partial charge in [-0.2, -0.15) is 5.26 Å². The lowest BCUT2D eigenvalue weighted by Crippen LogP contribution is -2.36. The van der Waals surface area contributed by atoms with E-state index in [0.29, 0.717) is 12.1 Å². The molecule has 0 bridgehead atoms. The molecule has 2 rings (SSSR count). The monoisotopic (exact) mass is 312 g/mol. The summed E-state index contributed by atoms with van der Waals surface area (Å²) in [5.74, 6) is 0.790. The number of thiophene rings is 1. The Bertz CT molecular complexity index is 682. The SMILES string of the molecule is CCNC(=NCc1cccc(C#N)c1)NCc1sccc1C. The van der Waals surface area contributed by atoms with Crippen molar-refractivity contribution in [3.05, 3.63) is 57.3 Å². The number of nitrogens with zero attached hydrogens (tertiary/aromatic N) is 2. The second kappa shape index (κ2) is 8.20. The molecule has 0 unspecified atom stereocenters. The fraction of sp³-hybridized carbons (Fsp3) is 0.294. The first-order valence-corrected chi connectivity index (χ1v) is 8.15. The Hall–Kier alpha value is -2.32. The molecular formula is C17H20N4S. The van der Waals surface area contributed by atoms with Crippen molar-refractivity contribution in [2.75, 3.05) is 6.54 Å². The summed E-state index contributed by atoms with van der Waals surface area (Å²) in [6.07, 6.45) is 0. The number of benzene rings is 1. The first-order chi connectivity index (χ1) is 10.7. The highest BCUT2D eigenvalue weighted by Crippen LogP contribution is 2.14.